The van der Waals surface area contributed by atoms with Gasteiger partial charge in [-0.15, -0.1) is 23.1 Å². The molecule has 0 unspecified atom stereocenters. The summed E-state index contributed by atoms with van der Waals surface area (Å²) in [6, 6.07) is 18.1. The number of amides is 2. The van der Waals surface area contributed by atoms with E-state index < -0.39 is 0 Å². The molecule has 0 fully saturated rings. The van der Waals surface area contributed by atoms with Crippen LogP contribution in [0.15, 0.2) is 70.9 Å². The molecule has 3 aromatic rings. The van der Waals surface area contributed by atoms with Crippen LogP contribution in [0, 0.1) is 0 Å². The molecule has 0 spiro atoms. The first-order valence-electron chi connectivity index (χ1n) is 7.74. The van der Waals surface area contributed by atoms with Crippen LogP contribution in [0.5, 0.6) is 0 Å². The standard InChI is InChI=1S/C19H15ClN2O2S2/c20-15-7-1-2-8-16(15)22-18(23)12-26-14-6-3-5-13(11-14)21-19(24)17-9-4-10-25-17/h1-11H,12H2,(H,21,24)(H,22,23). The van der Waals surface area contributed by atoms with E-state index in [1.165, 1.54) is 23.1 Å². The summed E-state index contributed by atoms with van der Waals surface area (Å²) in [4.78, 5) is 25.7. The molecule has 0 saturated carbocycles. The van der Waals surface area contributed by atoms with Crippen molar-refractivity contribution >= 4 is 57.9 Å². The zero-order chi connectivity index (χ0) is 18.4. The molecule has 3 rings (SSSR count). The van der Waals surface area contributed by atoms with Crippen LogP contribution < -0.4 is 10.6 Å². The highest BCUT2D eigenvalue weighted by Gasteiger charge is 2.09. The molecule has 0 aliphatic rings. The highest BCUT2D eigenvalue weighted by atomic mass is 35.5. The molecule has 2 N–H and O–H groups in total. The van der Waals surface area contributed by atoms with Gasteiger partial charge in [0.25, 0.3) is 5.91 Å². The summed E-state index contributed by atoms with van der Waals surface area (Å²) in [5.74, 6) is -0.0391. The van der Waals surface area contributed by atoms with E-state index in [4.69, 9.17) is 11.6 Å². The minimum absolute atomic E-state index is 0.140. The molecule has 2 aromatic carbocycles. The van der Waals surface area contributed by atoms with Crippen molar-refractivity contribution in [1.82, 2.24) is 0 Å². The Bertz CT molecular complexity index is 913. The number of carbonyl (C=O) groups is 2. The quantitative estimate of drug-likeness (QED) is 0.544. The topological polar surface area (TPSA) is 58.2 Å². The van der Waals surface area contributed by atoms with E-state index in [0.717, 1.165) is 4.90 Å². The van der Waals surface area contributed by atoms with Crippen LogP contribution in [-0.4, -0.2) is 17.6 Å². The van der Waals surface area contributed by atoms with Gasteiger partial charge in [-0.25, -0.2) is 0 Å². The number of anilines is 2. The molecule has 0 aliphatic heterocycles. The Morgan fingerprint density at radius 3 is 2.62 bits per heavy atom. The van der Waals surface area contributed by atoms with Crippen molar-refractivity contribution < 1.29 is 9.59 Å². The fourth-order valence-corrected chi connectivity index (χ4v) is 3.72. The number of hydrogen-bond acceptors (Lipinski definition) is 4. The van der Waals surface area contributed by atoms with Crippen LogP contribution in [0.25, 0.3) is 0 Å². The summed E-state index contributed by atoms with van der Waals surface area (Å²) in [5.41, 5.74) is 1.29. The van der Waals surface area contributed by atoms with E-state index in [-0.39, 0.29) is 17.6 Å². The average Bonchev–Trinajstić information content (AvgIpc) is 3.17. The van der Waals surface area contributed by atoms with Crippen LogP contribution in [0.2, 0.25) is 5.02 Å². The molecule has 132 valence electrons. The van der Waals surface area contributed by atoms with E-state index in [0.29, 0.717) is 21.3 Å². The molecular formula is C19H15ClN2O2S2. The van der Waals surface area contributed by atoms with Gasteiger partial charge in [-0.2, -0.15) is 0 Å². The second-order valence-corrected chi connectivity index (χ2v) is 7.68. The summed E-state index contributed by atoms with van der Waals surface area (Å²) in [5, 5.41) is 8.01. The van der Waals surface area contributed by atoms with Crippen LogP contribution in [0.3, 0.4) is 0 Å². The normalized spacial score (nSPS) is 10.3. The number of thiophene rings is 1. The Labute approximate surface area is 164 Å². The number of benzene rings is 2. The van der Waals surface area contributed by atoms with Gasteiger partial charge in [0.1, 0.15) is 0 Å². The molecule has 0 aliphatic carbocycles. The van der Waals surface area contributed by atoms with Crippen LogP contribution in [-0.2, 0) is 4.79 Å². The largest absolute Gasteiger partial charge is 0.324 e. The first-order chi connectivity index (χ1) is 12.6. The van der Waals surface area contributed by atoms with Crippen LogP contribution in [0.4, 0.5) is 11.4 Å². The van der Waals surface area contributed by atoms with Gasteiger partial charge in [-0.05, 0) is 41.8 Å². The third-order valence-electron chi connectivity index (χ3n) is 3.35. The first kappa shape index (κ1) is 18.5. The van der Waals surface area contributed by atoms with E-state index >= 15 is 0 Å². The van der Waals surface area contributed by atoms with E-state index in [1.807, 2.05) is 47.8 Å². The SMILES string of the molecule is O=C(CSc1cccc(NC(=O)c2cccs2)c1)Nc1ccccc1Cl. The van der Waals surface area contributed by atoms with Gasteiger partial charge in [0.2, 0.25) is 5.91 Å². The highest BCUT2D eigenvalue weighted by molar-refractivity contribution is 8.00. The molecule has 7 heteroatoms. The highest BCUT2D eigenvalue weighted by Crippen LogP contribution is 2.24. The van der Waals surface area contributed by atoms with Crippen molar-refractivity contribution in [3.8, 4) is 0 Å². The van der Waals surface area contributed by atoms with Crippen molar-refractivity contribution in [2.45, 2.75) is 4.90 Å². The molecule has 4 nitrogen and oxygen atoms in total. The summed E-state index contributed by atoms with van der Waals surface area (Å²) in [6.45, 7) is 0. The van der Waals surface area contributed by atoms with E-state index in [9.17, 15) is 9.59 Å². The number of hydrogen-bond donors (Lipinski definition) is 2. The zero-order valence-electron chi connectivity index (χ0n) is 13.6. The maximum absolute atomic E-state index is 12.1. The molecule has 0 saturated heterocycles. The van der Waals surface area contributed by atoms with E-state index in [2.05, 4.69) is 10.6 Å². The second-order valence-electron chi connectivity index (χ2n) is 5.28. The lowest BCUT2D eigenvalue weighted by molar-refractivity contribution is -0.113. The number of halogens is 1. The predicted octanol–water partition coefficient (Wildman–Crippen LogP) is 5.38. The van der Waals surface area contributed by atoms with Gasteiger partial charge in [-0.3, -0.25) is 9.59 Å². The summed E-state index contributed by atoms with van der Waals surface area (Å²) in [7, 11) is 0. The Hall–Kier alpha value is -2.28. The number of rotatable bonds is 6. The molecular weight excluding hydrogens is 388 g/mol. The van der Waals surface area contributed by atoms with Crippen molar-refractivity contribution in [3.63, 3.8) is 0 Å². The van der Waals surface area contributed by atoms with Gasteiger partial charge in [0, 0.05) is 10.6 Å². The first-order valence-corrected chi connectivity index (χ1v) is 9.98. The third-order valence-corrected chi connectivity index (χ3v) is 5.55. The number of para-hydroxylation sites is 1. The van der Waals surface area contributed by atoms with Crippen molar-refractivity contribution in [3.05, 3.63) is 75.9 Å². The average molecular weight is 403 g/mol. The Balaban J connectivity index is 1.56. The lowest BCUT2D eigenvalue weighted by Crippen LogP contribution is -2.14. The van der Waals surface area contributed by atoms with Gasteiger partial charge in [0.05, 0.1) is 21.3 Å². The molecule has 0 bridgehead atoms. The minimum atomic E-state index is -0.142. The molecule has 2 amide bonds. The predicted molar refractivity (Wildman–Crippen MR) is 110 cm³/mol. The summed E-state index contributed by atoms with van der Waals surface area (Å²) >= 11 is 8.81. The molecule has 1 aromatic heterocycles. The molecule has 1 heterocycles. The Kier molecular flexibility index (Phi) is 6.33. The van der Waals surface area contributed by atoms with Crippen molar-refractivity contribution in [2.75, 3.05) is 16.4 Å². The minimum Gasteiger partial charge on any atom is -0.324 e. The van der Waals surface area contributed by atoms with Crippen LogP contribution in [0.1, 0.15) is 9.67 Å². The number of carbonyl (C=O) groups excluding carboxylic acids is 2. The van der Waals surface area contributed by atoms with Crippen LogP contribution >= 0.6 is 34.7 Å². The van der Waals surface area contributed by atoms with Gasteiger partial charge < -0.3 is 10.6 Å². The Morgan fingerprint density at radius 1 is 1.00 bits per heavy atom. The lowest BCUT2D eigenvalue weighted by atomic mass is 10.3. The summed E-state index contributed by atoms with van der Waals surface area (Å²) < 4.78 is 0. The zero-order valence-corrected chi connectivity index (χ0v) is 16.0. The molecule has 26 heavy (non-hydrogen) atoms. The van der Waals surface area contributed by atoms with Gasteiger partial charge in [0.15, 0.2) is 0 Å². The monoisotopic (exact) mass is 402 g/mol. The Morgan fingerprint density at radius 2 is 1.85 bits per heavy atom. The number of nitrogens with one attached hydrogen (secondary N) is 2. The summed E-state index contributed by atoms with van der Waals surface area (Å²) in [6.07, 6.45) is 0. The van der Waals surface area contributed by atoms with Crippen molar-refractivity contribution in [1.29, 1.82) is 0 Å². The second kappa shape index (κ2) is 8.89. The van der Waals surface area contributed by atoms with Crippen molar-refractivity contribution in [2.24, 2.45) is 0 Å². The number of thioether (sulfide) groups is 1. The van der Waals surface area contributed by atoms with Gasteiger partial charge >= 0.3 is 0 Å². The van der Waals surface area contributed by atoms with E-state index in [1.54, 1.807) is 18.2 Å². The third kappa shape index (κ3) is 5.11. The maximum atomic E-state index is 12.1. The maximum Gasteiger partial charge on any atom is 0.265 e. The lowest BCUT2D eigenvalue weighted by Gasteiger charge is -2.08. The van der Waals surface area contributed by atoms with Gasteiger partial charge in [-0.1, -0.05) is 35.9 Å². The fraction of sp³-hybridized carbons (Fsp3) is 0.0526. The molecule has 0 atom stereocenters. The fourth-order valence-electron chi connectivity index (χ4n) is 2.16. The molecule has 0 radical (unpaired) electrons. The smallest absolute Gasteiger partial charge is 0.265 e.